The molecule has 1 aliphatic carbocycles. The molecule has 2 atom stereocenters. The topological polar surface area (TPSA) is 20.2 Å². The smallest absolute Gasteiger partial charge is 0.127 e. The Morgan fingerprint density at radius 2 is 1.90 bits per heavy atom. The highest BCUT2D eigenvalue weighted by Crippen LogP contribution is 2.70. The van der Waals surface area contributed by atoms with E-state index in [9.17, 15) is 0 Å². The van der Waals surface area contributed by atoms with Gasteiger partial charge in [0.05, 0.1) is 0 Å². The Labute approximate surface area is 71.3 Å². The van der Waals surface area contributed by atoms with E-state index >= 15 is 0 Å². The van der Waals surface area contributed by atoms with Gasteiger partial charge in [0.2, 0.25) is 0 Å². The van der Waals surface area contributed by atoms with Crippen molar-refractivity contribution in [1.29, 1.82) is 0 Å². The highest BCUT2D eigenvalue weighted by atomic mass is 35.5. The molecule has 0 aromatic rings. The van der Waals surface area contributed by atoms with E-state index in [0.717, 1.165) is 0 Å². The van der Waals surface area contributed by atoms with Crippen LogP contribution in [0, 0.1) is 11.3 Å². The Morgan fingerprint density at radius 3 is 2.00 bits per heavy atom. The fraction of sp³-hybridized carbons (Fsp3) is 1.00. The van der Waals surface area contributed by atoms with Crippen molar-refractivity contribution < 1.29 is 5.11 Å². The fourth-order valence-corrected chi connectivity index (χ4v) is 2.31. The van der Waals surface area contributed by atoms with Crippen molar-refractivity contribution in [3.05, 3.63) is 0 Å². The molecule has 3 heteroatoms. The lowest BCUT2D eigenvalue weighted by molar-refractivity contribution is 0.249. The van der Waals surface area contributed by atoms with Crippen LogP contribution >= 0.6 is 23.2 Å². The van der Waals surface area contributed by atoms with Gasteiger partial charge in [-0.3, -0.25) is 0 Å². The number of hydrogen-bond donors (Lipinski definition) is 1. The molecule has 0 aromatic carbocycles. The molecule has 1 rings (SSSR count). The minimum absolute atomic E-state index is 0.0646. The van der Waals surface area contributed by atoms with Crippen LogP contribution in [-0.2, 0) is 0 Å². The van der Waals surface area contributed by atoms with E-state index < -0.39 is 4.33 Å². The summed E-state index contributed by atoms with van der Waals surface area (Å²) in [6, 6.07) is 0. The maximum atomic E-state index is 8.67. The third-order valence-electron chi connectivity index (χ3n) is 2.81. The monoisotopic (exact) mass is 182 g/mol. The van der Waals surface area contributed by atoms with Crippen molar-refractivity contribution in [3.8, 4) is 0 Å². The summed E-state index contributed by atoms with van der Waals surface area (Å²) in [6.07, 6.45) is 0.696. The summed E-state index contributed by atoms with van der Waals surface area (Å²) in [5, 5.41) is 8.67. The standard InChI is InChI=1S/C7H12Cl2O/c1-5-6(2,3-4-10)7(5,8)9/h5,10H,3-4H2,1-2H3. The lowest BCUT2D eigenvalue weighted by Gasteiger charge is -2.08. The SMILES string of the molecule is CC1C(Cl)(Cl)C1(C)CCO. The van der Waals surface area contributed by atoms with E-state index in [1.54, 1.807) is 0 Å². The average Bonchev–Trinajstić information content (AvgIpc) is 2.17. The van der Waals surface area contributed by atoms with Crippen LogP contribution < -0.4 is 0 Å². The molecule has 10 heavy (non-hydrogen) atoms. The quantitative estimate of drug-likeness (QED) is 0.650. The summed E-state index contributed by atoms with van der Waals surface area (Å²) in [6.45, 7) is 4.19. The van der Waals surface area contributed by atoms with Gasteiger partial charge in [0.25, 0.3) is 0 Å². The second-order valence-electron chi connectivity index (χ2n) is 3.24. The van der Waals surface area contributed by atoms with Gasteiger partial charge in [-0.05, 0) is 12.3 Å². The molecule has 1 saturated carbocycles. The van der Waals surface area contributed by atoms with Gasteiger partial charge in [0.15, 0.2) is 0 Å². The molecule has 0 amide bonds. The van der Waals surface area contributed by atoms with Gasteiger partial charge in [0.1, 0.15) is 4.33 Å². The number of aliphatic hydroxyl groups is 1. The number of alkyl halides is 2. The third-order valence-corrected chi connectivity index (χ3v) is 4.33. The minimum Gasteiger partial charge on any atom is -0.396 e. The van der Waals surface area contributed by atoms with Gasteiger partial charge in [0, 0.05) is 12.0 Å². The number of halogens is 2. The first-order valence-corrected chi connectivity index (χ1v) is 4.21. The van der Waals surface area contributed by atoms with E-state index in [1.165, 1.54) is 0 Å². The molecule has 0 spiro atoms. The van der Waals surface area contributed by atoms with Crippen molar-refractivity contribution >= 4 is 23.2 Å². The van der Waals surface area contributed by atoms with Gasteiger partial charge < -0.3 is 5.11 Å². The Bertz CT molecular complexity index is 147. The molecule has 0 radical (unpaired) electrons. The zero-order valence-electron chi connectivity index (χ0n) is 6.19. The van der Waals surface area contributed by atoms with Crippen molar-refractivity contribution in [2.24, 2.45) is 11.3 Å². The van der Waals surface area contributed by atoms with Crippen LogP contribution in [0.3, 0.4) is 0 Å². The molecule has 0 aromatic heterocycles. The van der Waals surface area contributed by atoms with Gasteiger partial charge in [-0.1, -0.05) is 13.8 Å². The van der Waals surface area contributed by atoms with Crippen molar-refractivity contribution in [3.63, 3.8) is 0 Å². The summed E-state index contributed by atoms with van der Waals surface area (Å²) in [5.74, 6) is 0.301. The molecular formula is C7H12Cl2O. The predicted octanol–water partition coefficient (Wildman–Crippen LogP) is 2.20. The van der Waals surface area contributed by atoms with Crippen LogP contribution in [0.4, 0.5) is 0 Å². The molecule has 1 aliphatic rings. The van der Waals surface area contributed by atoms with Gasteiger partial charge in [-0.2, -0.15) is 0 Å². The third kappa shape index (κ3) is 0.876. The first-order valence-electron chi connectivity index (χ1n) is 3.45. The zero-order chi connectivity index (χ0) is 7.99. The van der Waals surface area contributed by atoms with E-state index in [4.69, 9.17) is 28.3 Å². The van der Waals surface area contributed by atoms with E-state index in [0.29, 0.717) is 12.3 Å². The summed E-state index contributed by atoms with van der Waals surface area (Å²) in [4.78, 5) is 0. The maximum Gasteiger partial charge on any atom is 0.127 e. The molecule has 0 heterocycles. The van der Waals surface area contributed by atoms with Crippen molar-refractivity contribution in [2.45, 2.75) is 24.6 Å². The number of aliphatic hydroxyl groups excluding tert-OH is 1. The molecular weight excluding hydrogens is 171 g/mol. The summed E-state index contributed by atoms with van der Waals surface area (Å²) in [5.41, 5.74) is -0.0646. The highest BCUT2D eigenvalue weighted by Gasteiger charge is 2.69. The van der Waals surface area contributed by atoms with Gasteiger partial charge >= 0.3 is 0 Å². The zero-order valence-corrected chi connectivity index (χ0v) is 7.71. The van der Waals surface area contributed by atoms with E-state index in [1.807, 2.05) is 13.8 Å². The second-order valence-corrected chi connectivity index (χ2v) is 4.62. The Balaban J connectivity index is 2.59. The number of rotatable bonds is 2. The van der Waals surface area contributed by atoms with E-state index in [2.05, 4.69) is 0 Å². The Hall–Kier alpha value is 0.540. The maximum absolute atomic E-state index is 8.67. The largest absolute Gasteiger partial charge is 0.396 e. The average molecular weight is 183 g/mol. The minimum atomic E-state index is -0.601. The molecule has 1 nitrogen and oxygen atoms in total. The Morgan fingerprint density at radius 1 is 1.50 bits per heavy atom. The first kappa shape index (κ1) is 8.63. The first-order chi connectivity index (χ1) is 4.47. The normalized spacial score (nSPS) is 43.5. The van der Waals surface area contributed by atoms with Crippen LogP contribution in [0.2, 0.25) is 0 Å². The second kappa shape index (κ2) is 2.26. The van der Waals surface area contributed by atoms with Gasteiger partial charge in [-0.25, -0.2) is 0 Å². The predicted molar refractivity (Wildman–Crippen MR) is 43.4 cm³/mol. The van der Waals surface area contributed by atoms with E-state index in [-0.39, 0.29) is 12.0 Å². The van der Waals surface area contributed by atoms with Gasteiger partial charge in [-0.15, -0.1) is 23.2 Å². The molecule has 1 N–H and O–H groups in total. The summed E-state index contributed by atoms with van der Waals surface area (Å²) < 4.78 is -0.601. The van der Waals surface area contributed by atoms with Crippen molar-refractivity contribution in [2.75, 3.05) is 6.61 Å². The summed E-state index contributed by atoms with van der Waals surface area (Å²) >= 11 is 11.9. The highest BCUT2D eigenvalue weighted by molar-refractivity contribution is 6.51. The lowest BCUT2D eigenvalue weighted by atomic mass is 10.0. The van der Waals surface area contributed by atoms with Crippen LogP contribution in [0.25, 0.3) is 0 Å². The molecule has 2 unspecified atom stereocenters. The Kier molecular flexibility index (Phi) is 1.95. The molecule has 1 fully saturated rings. The lowest BCUT2D eigenvalue weighted by Crippen LogP contribution is -2.06. The molecule has 60 valence electrons. The molecule has 0 aliphatic heterocycles. The van der Waals surface area contributed by atoms with Crippen LogP contribution in [0.15, 0.2) is 0 Å². The van der Waals surface area contributed by atoms with Crippen molar-refractivity contribution in [1.82, 2.24) is 0 Å². The fourth-order valence-electron chi connectivity index (χ4n) is 1.42. The van der Waals surface area contributed by atoms with Crippen LogP contribution in [-0.4, -0.2) is 16.0 Å². The molecule has 0 bridgehead atoms. The number of hydrogen-bond acceptors (Lipinski definition) is 1. The van der Waals surface area contributed by atoms with Crippen LogP contribution in [0.5, 0.6) is 0 Å². The van der Waals surface area contributed by atoms with Crippen LogP contribution in [0.1, 0.15) is 20.3 Å². The summed E-state index contributed by atoms with van der Waals surface area (Å²) in [7, 11) is 0. The molecule has 0 saturated heterocycles.